The Balaban J connectivity index is 1.95. The number of hydrogen-bond acceptors (Lipinski definition) is 4. The molecule has 1 atom stereocenters. The Kier molecular flexibility index (Phi) is 5.11. The average Bonchev–Trinajstić information content (AvgIpc) is 3.04. The third-order valence-corrected chi connectivity index (χ3v) is 5.33. The zero-order chi connectivity index (χ0) is 21.3. The van der Waals surface area contributed by atoms with Gasteiger partial charge >= 0.3 is 0 Å². The molecular formula is C25H21NO4. The summed E-state index contributed by atoms with van der Waals surface area (Å²) in [7, 11) is 1.56. The highest BCUT2D eigenvalue weighted by atomic mass is 16.5. The van der Waals surface area contributed by atoms with Crippen molar-refractivity contribution < 1.29 is 19.4 Å². The van der Waals surface area contributed by atoms with E-state index in [1.54, 1.807) is 55.6 Å². The molecule has 5 nitrogen and oxygen atoms in total. The van der Waals surface area contributed by atoms with Gasteiger partial charge in [0.15, 0.2) is 0 Å². The van der Waals surface area contributed by atoms with E-state index in [1.807, 2.05) is 37.3 Å². The Morgan fingerprint density at radius 3 is 2.17 bits per heavy atom. The third kappa shape index (κ3) is 3.24. The molecule has 0 aromatic heterocycles. The Hall–Kier alpha value is -3.86. The van der Waals surface area contributed by atoms with Crippen molar-refractivity contribution in [1.82, 2.24) is 0 Å². The standard InChI is InChI=1S/C25H21NO4/c1-16-8-6-7-11-20(16)22-21(23(27)17-9-4-3-5-10-17)24(28)25(29)26(22)18-12-14-19(30-2)15-13-18/h3-15,22,27H,1-2H3/b23-21-. The number of ether oxygens (including phenoxy) is 1. The minimum Gasteiger partial charge on any atom is -0.507 e. The summed E-state index contributed by atoms with van der Waals surface area (Å²) in [5.74, 6) is -0.920. The van der Waals surface area contributed by atoms with E-state index < -0.39 is 17.7 Å². The lowest BCUT2D eigenvalue weighted by atomic mass is 9.92. The topological polar surface area (TPSA) is 66.8 Å². The van der Waals surface area contributed by atoms with Gasteiger partial charge in [-0.05, 0) is 42.3 Å². The molecule has 0 saturated carbocycles. The molecule has 0 bridgehead atoms. The smallest absolute Gasteiger partial charge is 0.300 e. The molecule has 1 heterocycles. The summed E-state index contributed by atoms with van der Waals surface area (Å²) in [5.41, 5.74) is 2.82. The molecule has 3 aromatic carbocycles. The summed E-state index contributed by atoms with van der Waals surface area (Å²) >= 11 is 0. The molecule has 150 valence electrons. The van der Waals surface area contributed by atoms with Gasteiger partial charge in [-0.2, -0.15) is 0 Å². The van der Waals surface area contributed by atoms with Crippen LogP contribution in [0.1, 0.15) is 22.7 Å². The van der Waals surface area contributed by atoms with Crippen molar-refractivity contribution in [1.29, 1.82) is 0 Å². The van der Waals surface area contributed by atoms with Crippen LogP contribution < -0.4 is 9.64 Å². The molecule has 5 heteroatoms. The molecule has 1 unspecified atom stereocenters. The highest BCUT2D eigenvalue weighted by Crippen LogP contribution is 2.43. The second-order valence-electron chi connectivity index (χ2n) is 7.09. The van der Waals surface area contributed by atoms with E-state index in [4.69, 9.17) is 4.74 Å². The normalized spacial score (nSPS) is 17.9. The number of aliphatic hydroxyl groups is 1. The van der Waals surface area contributed by atoms with Crippen molar-refractivity contribution in [3.8, 4) is 5.75 Å². The van der Waals surface area contributed by atoms with Gasteiger partial charge in [0, 0.05) is 11.3 Å². The number of Topliss-reactive ketones (excluding diaryl/α,β-unsaturated/α-hetero) is 1. The van der Waals surface area contributed by atoms with Crippen LogP contribution in [0.25, 0.3) is 5.76 Å². The SMILES string of the molecule is COc1ccc(N2C(=O)C(=O)/C(=C(\O)c3ccccc3)C2c2ccccc2C)cc1. The molecule has 1 N–H and O–H groups in total. The summed E-state index contributed by atoms with van der Waals surface area (Å²) in [4.78, 5) is 27.6. The number of ketones is 1. The van der Waals surface area contributed by atoms with Crippen LogP contribution in [0.15, 0.2) is 84.4 Å². The Labute approximate surface area is 174 Å². The number of nitrogens with zero attached hydrogens (tertiary/aromatic N) is 1. The van der Waals surface area contributed by atoms with Crippen molar-refractivity contribution in [2.75, 3.05) is 12.0 Å². The quantitative estimate of drug-likeness (QED) is 0.395. The van der Waals surface area contributed by atoms with E-state index in [2.05, 4.69) is 0 Å². The van der Waals surface area contributed by atoms with Gasteiger partial charge in [0.05, 0.1) is 18.7 Å². The molecule has 1 aliphatic heterocycles. The first-order valence-corrected chi connectivity index (χ1v) is 9.59. The molecule has 1 aliphatic rings. The number of rotatable bonds is 4. The van der Waals surface area contributed by atoms with Gasteiger partial charge < -0.3 is 9.84 Å². The minimum absolute atomic E-state index is 0.0799. The van der Waals surface area contributed by atoms with E-state index in [9.17, 15) is 14.7 Å². The molecule has 1 saturated heterocycles. The number of anilines is 1. The largest absolute Gasteiger partial charge is 0.507 e. The van der Waals surface area contributed by atoms with Crippen LogP contribution >= 0.6 is 0 Å². The molecule has 4 rings (SSSR count). The Morgan fingerprint density at radius 1 is 0.900 bits per heavy atom. The number of methoxy groups -OCH3 is 1. The zero-order valence-electron chi connectivity index (χ0n) is 16.7. The summed E-state index contributed by atoms with van der Waals surface area (Å²) in [6.07, 6.45) is 0. The average molecular weight is 399 g/mol. The molecule has 30 heavy (non-hydrogen) atoms. The predicted octanol–water partition coefficient (Wildman–Crippen LogP) is 4.63. The van der Waals surface area contributed by atoms with Crippen LogP contribution in [0.5, 0.6) is 5.75 Å². The third-order valence-electron chi connectivity index (χ3n) is 5.33. The van der Waals surface area contributed by atoms with Gasteiger partial charge in [0.1, 0.15) is 11.5 Å². The number of amides is 1. The molecule has 1 fully saturated rings. The van der Waals surface area contributed by atoms with E-state index in [-0.39, 0.29) is 11.3 Å². The van der Waals surface area contributed by atoms with Gasteiger partial charge in [-0.3, -0.25) is 14.5 Å². The lowest BCUT2D eigenvalue weighted by Crippen LogP contribution is -2.29. The van der Waals surface area contributed by atoms with Crippen LogP contribution in [-0.4, -0.2) is 23.9 Å². The van der Waals surface area contributed by atoms with E-state index in [0.717, 1.165) is 11.1 Å². The second-order valence-corrected chi connectivity index (χ2v) is 7.09. The lowest BCUT2D eigenvalue weighted by molar-refractivity contribution is -0.132. The maximum absolute atomic E-state index is 13.1. The maximum atomic E-state index is 13.1. The fourth-order valence-corrected chi connectivity index (χ4v) is 3.78. The van der Waals surface area contributed by atoms with Crippen molar-refractivity contribution >= 4 is 23.1 Å². The van der Waals surface area contributed by atoms with Crippen molar-refractivity contribution in [2.45, 2.75) is 13.0 Å². The molecule has 0 radical (unpaired) electrons. The van der Waals surface area contributed by atoms with Crippen LogP contribution in [0.4, 0.5) is 5.69 Å². The van der Waals surface area contributed by atoms with Gasteiger partial charge in [-0.15, -0.1) is 0 Å². The van der Waals surface area contributed by atoms with Gasteiger partial charge in [-0.25, -0.2) is 0 Å². The predicted molar refractivity (Wildman–Crippen MR) is 115 cm³/mol. The highest BCUT2D eigenvalue weighted by molar-refractivity contribution is 6.51. The summed E-state index contributed by atoms with van der Waals surface area (Å²) in [6, 6.07) is 22.6. The molecule has 0 aliphatic carbocycles. The van der Waals surface area contributed by atoms with Crippen LogP contribution in [0.3, 0.4) is 0 Å². The molecule has 0 spiro atoms. The lowest BCUT2D eigenvalue weighted by Gasteiger charge is -2.26. The van der Waals surface area contributed by atoms with Gasteiger partial charge in [0.25, 0.3) is 11.7 Å². The number of hydrogen-bond donors (Lipinski definition) is 1. The summed E-state index contributed by atoms with van der Waals surface area (Å²) < 4.78 is 5.21. The number of carbonyl (C=O) groups excluding carboxylic acids is 2. The molecule has 3 aromatic rings. The number of aryl methyl sites for hydroxylation is 1. The van der Waals surface area contributed by atoms with Crippen molar-refractivity contribution in [3.05, 3.63) is 101 Å². The van der Waals surface area contributed by atoms with Crippen LogP contribution in [0.2, 0.25) is 0 Å². The van der Waals surface area contributed by atoms with E-state index in [1.165, 1.54) is 4.90 Å². The minimum atomic E-state index is -0.736. The Bertz CT molecular complexity index is 1130. The number of benzene rings is 3. The van der Waals surface area contributed by atoms with Crippen LogP contribution in [-0.2, 0) is 9.59 Å². The highest BCUT2D eigenvalue weighted by Gasteiger charge is 2.47. The van der Waals surface area contributed by atoms with Crippen LogP contribution in [0, 0.1) is 6.92 Å². The van der Waals surface area contributed by atoms with E-state index >= 15 is 0 Å². The first-order valence-electron chi connectivity index (χ1n) is 9.59. The second kappa shape index (κ2) is 7.87. The van der Waals surface area contributed by atoms with E-state index in [0.29, 0.717) is 17.0 Å². The van der Waals surface area contributed by atoms with Crippen molar-refractivity contribution in [2.24, 2.45) is 0 Å². The van der Waals surface area contributed by atoms with Gasteiger partial charge in [0.2, 0.25) is 0 Å². The molecular weight excluding hydrogens is 378 g/mol. The first kappa shape index (κ1) is 19.5. The Morgan fingerprint density at radius 2 is 1.53 bits per heavy atom. The van der Waals surface area contributed by atoms with Gasteiger partial charge in [-0.1, -0.05) is 54.6 Å². The summed E-state index contributed by atoms with van der Waals surface area (Å²) in [6.45, 7) is 1.92. The first-order chi connectivity index (χ1) is 14.5. The summed E-state index contributed by atoms with van der Waals surface area (Å²) in [5, 5.41) is 11.0. The number of carbonyl (C=O) groups is 2. The van der Waals surface area contributed by atoms with Crippen molar-refractivity contribution in [3.63, 3.8) is 0 Å². The molecule has 1 amide bonds. The zero-order valence-corrected chi connectivity index (χ0v) is 16.7. The monoisotopic (exact) mass is 399 g/mol. The maximum Gasteiger partial charge on any atom is 0.300 e. The number of aliphatic hydroxyl groups excluding tert-OH is 1. The fourth-order valence-electron chi connectivity index (χ4n) is 3.78. The fraction of sp³-hybridized carbons (Fsp3) is 0.120.